The van der Waals surface area contributed by atoms with Crippen molar-refractivity contribution < 1.29 is 14.5 Å². The summed E-state index contributed by atoms with van der Waals surface area (Å²) in [5.74, 6) is -0.294. The Morgan fingerprint density at radius 1 is 1.03 bits per heavy atom. The van der Waals surface area contributed by atoms with Crippen LogP contribution in [0.25, 0.3) is 0 Å². The summed E-state index contributed by atoms with van der Waals surface area (Å²) in [5.41, 5.74) is 0.537. The quantitative estimate of drug-likeness (QED) is 0.463. The highest BCUT2D eigenvalue weighted by molar-refractivity contribution is 6.34. The summed E-state index contributed by atoms with van der Waals surface area (Å²) in [6, 6.07) is 10.3. The molecule has 2 amide bonds. The molecule has 2 N–H and O–H groups in total. The maximum absolute atomic E-state index is 12.7. The van der Waals surface area contributed by atoms with Gasteiger partial charge in [0.1, 0.15) is 0 Å². The fraction of sp³-hybridized carbons (Fsp3) is 0.333. The minimum absolute atomic E-state index is 0.00206. The molecule has 0 heterocycles. The molecular formula is C21H24ClN3O4. The van der Waals surface area contributed by atoms with E-state index in [4.69, 9.17) is 11.6 Å². The van der Waals surface area contributed by atoms with Gasteiger partial charge in [-0.3, -0.25) is 19.7 Å². The minimum Gasteiger partial charge on any atom is -0.350 e. The lowest BCUT2D eigenvalue weighted by Crippen LogP contribution is -2.33. The Bertz CT molecular complexity index is 915. The largest absolute Gasteiger partial charge is 0.350 e. The SMILES string of the molecule is CC(C)CCC(C)NC(=O)c1ccccc1NC(=O)c1ccc([N+](=O)[O-])cc1Cl. The standard InChI is InChI=1S/C21H24ClN3O4/c1-13(2)8-9-14(3)23-21(27)17-6-4-5-7-19(17)24-20(26)16-11-10-15(25(28)29)12-18(16)22/h4-7,10-14H,8-9H2,1-3H3,(H,23,27)(H,24,26). The number of benzene rings is 2. The summed E-state index contributed by atoms with van der Waals surface area (Å²) < 4.78 is 0. The van der Waals surface area contributed by atoms with Gasteiger partial charge in [0, 0.05) is 18.2 Å². The van der Waals surface area contributed by atoms with Crippen LogP contribution < -0.4 is 10.6 Å². The predicted octanol–water partition coefficient (Wildman–Crippen LogP) is 5.06. The van der Waals surface area contributed by atoms with Gasteiger partial charge >= 0.3 is 0 Å². The third-order valence-corrected chi connectivity index (χ3v) is 4.70. The van der Waals surface area contributed by atoms with Crippen LogP contribution in [0, 0.1) is 16.0 Å². The van der Waals surface area contributed by atoms with E-state index in [-0.39, 0.29) is 28.2 Å². The Morgan fingerprint density at radius 3 is 2.34 bits per heavy atom. The van der Waals surface area contributed by atoms with Crippen molar-refractivity contribution in [1.82, 2.24) is 5.32 Å². The van der Waals surface area contributed by atoms with E-state index in [1.165, 1.54) is 12.1 Å². The zero-order chi connectivity index (χ0) is 21.6. The highest BCUT2D eigenvalue weighted by atomic mass is 35.5. The zero-order valence-electron chi connectivity index (χ0n) is 16.6. The number of carbonyl (C=O) groups excluding carboxylic acids is 2. The number of carbonyl (C=O) groups is 2. The third-order valence-electron chi connectivity index (χ3n) is 4.38. The van der Waals surface area contributed by atoms with Crippen LogP contribution in [-0.4, -0.2) is 22.8 Å². The first-order valence-electron chi connectivity index (χ1n) is 9.34. The third kappa shape index (κ3) is 6.29. The predicted molar refractivity (Wildman–Crippen MR) is 114 cm³/mol. The van der Waals surface area contributed by atoms with Crippen molar-refractivity contribution in [2.24, 2.45) is 5.92 Å². The van der Waals surface area contributed by atoms with Crippen LogP contribution in [0.3, 0.4) is 0 Å². The van der Waals surface area contributed by atoms with Crippen LogP contribution in [0.15, 0.2) is 42.5 Å². The fourth-order valence-electron chi connectivity index (χ4n) is 2.74. The minimum atomic E-state index is -0.590. The molecule has 2 aromatic rings. The van der Waals surface area contributed by atoms with Gasteiger partial charge in [0.05, 0.1) is 26.8 Å². The summed E-state index contributed by atoms with van der Waals surface area (Å²) in [6.45, 7) is 6.20. The lowest BCUT2D eigenvalue weighted by molar-refractivity contribution is -0.384. The Morgan fingerprint density at radius 2 is 1.72 bits per heavy atom. The van der Waals surface area contributed by atoms with Crippen molar-refractivity contribution in [3.05, 3.63) is 68.7 Å². The van der Waals surface area contributed by atoms with E-state index < -0.39 is 10.8 Å². The molecule has 0 saturated carbocycles. The van der Waals surface area contributed by atoms with E-state index in [0.717, 1.165) is 18.9 Å². The van der Waals surface area contributed by atoms with Crippen molar-refractivity contribution in [3.8, 4) is 0 Å². The first-order valence-corrected chi connectivity index (χ1v) is 9.72. The number of rotatable bonds is 8. The monoisotopic (exact) mass is 417 g/mol. The van der Waals surface area contributed by atoms with E-state index in [0.29, 0.717) is 17.2 Å². The number of non-ortho nitro benzene ring substituents is 1. The van der Waals surface area contributed by atoms with E-state index in [2.05, 4.69) is 24.5 Å². The molecule has 8 heteroatoms. The van der Waals surface area contributed by atoms with Crippen molar-refractivity contribution in [3.63, 3.8) is 0 Å². The van der Waals surface area contributed by atoms with Crippen LogP contribution in [0.5, 0.6) is 0 Å². The van der Waals surface area contributed by atoms with Crippen LogP contribution in [-0.2, 0) is 0 Å². The van der Waals surface area contributed by atoms with Crippen LogP contribution in [0.1, 0.15) is 54.3 Å². The van der Waals surface area contributed by atoms with Crippen molar-refractivity contribution in [1.29, 1.82) is 0 Å². The molecule has 0 aliphatic rings. The number of nitrogens with zero attached hydrogens (tertiary/aromatic N) is 1. The maximum atomic E-state index is 12.7. The molecule has 0 bridgehead atoms. The van der Waals surface area contributed by atoms with Gasteiger partial charge in [-0.1, -0.05) is 37.6 Å². The van der Waals surface area contributed by atoms with Gasteiger partial charge in [0.15, 0.2) is 0 Å². The number of amides is 2. The maximum Gasteiger partial charge on any atom is 0.270 e. The number of nitro benzene ring substituents is 1. The van der Waals surface area contributed by atoms with E-state index in [9.17, 15) is 19.7 Å². The molecule has 1 atom stereocenters. The second kappa shape index (κ2) is 10.0. The lowest BCUT2D eigenvalue weighted by Gasteiger charge is -2.17. The summed E-state index contributed by atoms with van der Waals surface area (Å²) in [6.07, 6.45) is 1.86. The van der Waals surface area contributed by atoms with Gasteiger partial charge in [-0.15, -0.1) is 0 Å². The molecule has 0 saturated heterocycles. The summed E-state index contributed by atoms with van der Waals surface area (Å²) in [4.78, 5) is 35.5. The number of hydrogen-bond donors (Lipinski definition) is 2. The molecule has 0 radical (unpaired) electrons. The molecule has 0 fully saturated rings. The fourth-order valence-corrected chi connectivity index (χ4v) is 3.00. The van der Waals surface area contributed by atoms with Gasteiger partial charge in [0.2, 0.25) is 0 Å². The van der Waals surface area contributed by atoms with Crippen molar-refractivity contribution in [2.75, 3.05) is 5.32 Å². The molecule has 2 aromatic carbocycles. The van der Waals surface area contributed by atoms with Crippen molar-refractivity contribution >= 4 is 34.8 Å². The topological polar surface area (TPSA) is 101 Å². The Kier molecular flexibility index (Phi) is 7.73. The Labute approximate surface area is 174 Å². The first kappa shape index (κ1) is 22.4. The van der Waals surface area contributed by atoms with Gasteiger partial charge in [-0.25, -0.2) is 0 Å². The van der Waals surface area contributed by atoms with Crippen molar-refractivity contribution in [2.45, 2.75) is 39.7 Å². The average molecular weight is 418 g/mol. The molecule has 29 heavy (non-hydrogen) atoms. The lowest BCUT2D eigenvalue weighted by atomic mass is 10.0. The molecule has 154 valence electrons. The second-order valence-corrected chi connectivity index (χ2v) is 7.67. The van der Waals surface area contributed by atoms with Gasteiger partial charge in [-0.2, -0.15) is 0 Å². The average Bonchev–Trinajstić information content (AvgIpc) is 2.66. The number of nitrogens with one attached hydrogen (secondary N) is 2. The Balaban J connectivity index is 2.15. The van der Waals surface area contributed by atoms with Crippen LogP contribution in [0.2, 0.25) is 5.02 Å². The molecular weight excluding hydrogens is 394 g/mol. The van der Waals surface area contributed by atoms with Gasteiger partial charge < -0.3 is 10.6 Å². The summed E-state index contributed by atoms with van der Waals surface area (Å²) in [5, 5.41) is 16.4. The van der Waals surface area contributed by atoms with Crippen LogP contribution in [0.4, 0.5) is 11.4 Å². The van der Waals surface area contributed by atoms with Gasteiger partial charge in [0.25, 0.3) is 17.5 Å². The summed E-state index contributed by atoms with van der Waals surface area (Å²) in [7, 11) is 0. The first-order chi connectivity index (χ1) is 13.7. The zero-order valence-corrected chi connectivity index (χ0v) is 17.3. The molecule has 0 aliphatic heterocycles. The van der Waals surface area contributed by atoms with Gasteiger partial charge in [-0.05, 0) is 43.9 Å². The normalized spacial score (nSPS) is 11.8. The number of para-hydroxylation sites is 1. The van der Waals surface area contributed by atoms with E-state index in [1.807, 2.05) is 6.92 Å². The second-order valence-electron chi connectivity index (χ2n) is 7.27. The molecule has 7 nitrogen and oxygen atoms in total. The Hall–Kier alpha value is -2.93. The highest BCUT2D eigenvalue weighted by Gasteiger charge is 2.19. The summed E-state index contributed by atoms with van der Waals surface area (Å²) >= 11 is 6.02. The smallest absolute Gasteiger partial charge is 0.270 e. The molecule has 0 aliphatic carbocycles. The molecule has 1 unspecified atom stereocenters. The number of halogens is 1. The highest BCUT2D eigenvalue weighted by Crippen LogP contribution is 2.24. The van der Waals surface area contributed by atoms with E-state index in [1.54, 1.807) is 24.3 Å². The molecule has 0 aromatic heterocycles. The number of hydrogen-bond acceptors (Lipinski definition) is 4. The number of anilines is 1. The van der Waals surface area contributed by atoms with Crippen LogP contribution >= 0.6 is 11.6 Å². The van der Waals surface area contributed by atoms with E-state index >= 15 is 0 Å². The number of nitro groups is 1. The molecule has 0 spiro atoms. The molecule has 2 rings (SSSR count).